The molecular formula is C26H31N3O5. The Bertz CT molecular complexity index is 989. The van der Waals surface area contributed by atoms with Crippen molar-refractivity contribution in [3.63, 3.8) is 0 Å². The Kier molecular flexibility index (Phi) is 7.95. The summed E-state index contributed by atoms with van der Waals surface area (Å²) in [7, 11) is 0. The molecule has 34 heavy (non-hydrogen) atoms. The predicted octanol–water partition coefficient (Wildman–Crippen LogP) is 2.64. The van der Waals surface area contributed by atoms with E-state index in [1.165, 1.54) is 0 Å². The van der Waals surface area contributed by atoms with Crippen molar-refractivity contribution in [2.45, 2.75) is 24.5 Å². The molecule has 2 N–H and O–H groups in total. The highest BCUT2D eigenvalue weighted by Crippen LogP contribution is 2.42. The second-order valence-corrected chi connectivity index (χ2v) is 8.23. The summed E-state index contributed by atoms with van der Waals surface area (Å²) in [5.41, 5.74) is 3.45. The summed E-state index contributed by atoms with van der Waals surface area (Å²) in [6, 6.07) is 17.1. The molecule has 2 aliphatic heterocycles. The molecule has 8 heteroatoms. The van der Waals surface area contributed by atoms with Gasteiger partial charge in [0.15, 0.2) is 11.6 Å². The van der Waals surface area contributed by atoms with Crippen LogP contribution in [0.25, 0.3) is 0 Å². The van der Waals surface area contributed by atoms with Crippen LogP contribution in [0, 0.1) is 0 Å². The maximum atomic E-state index is 13.7. The van der Waals surface area contributed by atoms with Gasteiger partial charge in [0.05, 0.1) is 19.8 Å². The zero-order valence-electron chi connectivity index (χ0n) is 19.2. The summed E-state index contributed by atoms with van der Waals surface area (Å²) in [5.74, 6) is 0.856. The lowest BCUT2D eigenvalue weighted by Crippen LogP contribution is -2.56. The van der Waals surface area contributed by atoms with Crippen LogP contribution in [-0.4, -0.2) is 67.0 Å². The number of rotatable bonds is 10. The summed E-state index contributed by atoms with van der Waals surface area (Å²) in [4.78, 5) is 18.6. The van der Waals surface area contributed by atoms with Crippen molar-refractivity contribution >= 4 is 11.8 Å². The highest BCUT2D eigenvalue weighted by Gasteiger charge is 2.52. The molecule has 4 rings (SSSR count). The van der Waals surface area contributed by atoms with Gasteiger partial charge in [0.1, 0.15) is 5.75 Å². The summed E-state index contributed by atoms with van der Waals surface area (Å²) in [5, 5.41) is 10.8. The number of hydrogen-bond donors (Lipinski definition) is 2. The van der Waals surface area contributed by atoms with Crippen molar-refractivity contribution in [2.24, 2.45) is 4.99 Å². The molecule has 0 aromatic heterocycles. The Morgan fingerprint density at radius 1 is 1.21 bits per heavy atom. The van der Waals surface area contributed by atoms with Crippen molar-refractivity contribution < 1.29 is 24.1 Å². The average molecular weight is 466 g/mol. The lowest BCUT2D eigenvalue weighted by Gasteiger charge is -2.34. The number of hydrogen-bond acceptors (Lipinski definition) is 7. The number of benzene rings is 2. The normalized spacial score (nSPS) is 22.5. The van der Waals surface area contributed by atoms with Crippen molar-refractivity contribution in [1.82, 2.24) is 10.4 Å². The maximum absolute atomic E-state index is 13.7. The quantitative estimate of drug-likeness (QED) is 0.414. The Labute approximate surface area is 199 Å². The van der Waals surface area contributed by atoms with E-state index in [2.05, 4.69) is 12.0 Å². The first-order valence-electron chi connectivity index (χ1n) is 11.6. The van der Waals surface area contributed by atoms with Crippen LogP contribution < -0.4 is 10.2 Å². The standard InChI is InChI=1S/C26H31N3O5/c1-2-13-26(25(31)28-29-14-18-32-19-15-29)23(20-7-4-3-5-8-20)34-24(27-26)21-9-11-22(12-10-21)33-17-6-16-30/h2-5,7-12,23,30H,1,6,13-19H2,(H,28,31)/t23-,26-/m0/s1. The smallest absolute Gasteiger partial charge is 0.266 e. The van der Waals surface area contributed by atoms with Crippen LogP contribution in [0.5, 0.6) is 5.75 Å². The maximum Gasteiger partial charge on any atom is 0.266 e. The molecule has 2 aliphatic rings. The van der Waals surface area contributed by atoms with Crippen LogP contribution in [0.4, 0.5) is 0 Å². The minimum atomic E-state index is -1.20. The molecule has 2 atom stereocenters. The van der Waals surface area contributed by atoms with Gasteiger partial charge in [0.2, 0.25) is 5.90 Å². The number of carbonyl (C=O) groups is 1. The number of amides is 1. The fraction of sp³-hybridized carbons (Fsp3) is 0.385. The number of nitrogens with zero attached hydrogens (tertiary/aromatic N) is 2. The van der Waals surface area contributed by atoms with Gasteiger partial charge in [-0.05, 0) is 29.8 Å². The van der Waals surface area contributed by atoms with Crippen molar-refractivity contribution in [3.05, 3.63) is 78.4 Å². The van der Waals surface area contributed by atoms with E-state index in [1.807, 2.05) is 59.6 Å². The molecule has 1 saturated heterocycles. The van der Waals surface area contributed by atoms with E-state index >= 15 is 0 Å². The van der Waals surface area contributed by atoms with E-state index in [9.17, 15) is 4.79 Å². The second-order valence-electron chi connectivity index (χ2n) is 8.23. The lowest BCUT2D eigenvalue weighted by atomic mass is 9.84. The van der Waals surface area contributed by atoms with Crippen molar-refractivity contribution in [3.8, 4) is 5.75 Å². The van der Waals surface area contributed by atoms with Crippen LogP contribution in [0.2, 0.25) is 0 Å². The van der Waals surface area contributed by atoms with E-state index in [4.69, 9.17) is 24.3 Å². The fourth-order valence-electron chi connectivity index (χ4n) is 4.08. The Morgan fingerprint density at radius 3 is 2.62 bits per heavy atom. The number of carbonyl (C=O) groups excluding carboxylic acids is 1. The van der Waals surface area contributed by atoms with Crippen LogP contribution in [0.1, 0.15) is 30.1 Å². The van der Waals surface area contributed by atoms with Gasteiger partial charge in [0, 0.05) is 38.1 Å². The molecule has 0 bridgehead atoms. The summed E-state index contributed by atoms with van der Waals surface area (Å²) in [6.07, 6.45) is 1.99. The number of aliphatic hydroxyl groups is 1. The van der Waals surface area contributed by atoms with Crippen LogP contribution in [0.15, 0.2) is 72.2 Å². The SMILES string of the molecule is C=CC[C@]1(C(=O)NN2CCOCC2)N=C(c2ccc(OCCCO)cc2)O[C@H]1c1ccccc1. The van der Waals surface area contributed by atoms with Gasteiger partial charge < -0.3 is 19.3 Å². The second kappa shape index (κ2) is 11.3. The number of morpholine rings is 1. The predicted molar refractivity (Wildman–Crippen MR) is 129 cm³/mol. The fourth-order valence-corrected chi connectivity index (χ4v) is 4.08. The van der Waals surface area contributed by atoms with Gasteiger partial charge in [-0.15, -0.1) is 6.58 Å². The van der Waals surface area contributed by atoms with Crippen LogP contribution >= 0.6 is 0 Å². The number of ether oxygens (including phenoxy) is 3. The molecule has 1 fully saturated rings. The zero-order chi connectivity index (χ0) is 23.8. The molecule has 8 nitrogen and oxygen atoms in total. The highest BCUT2D eigenvalue weighted by molar-refractivity contribution is 6.01. The molecular weight excluding hydrogens is 434 g/mol. The molecule has 0 aliphatic carbocycles. The molecule has 1 amide bonds. The topological polar surface area (TPSA) is 92.6 Å². The highest BCUT2D eigenvalue weighted by atomic mass is 16.5. The van der Waals surface area contributed by atoms with Crippen LogP contribution in [0.3, 0.4) is 0 Å². The Balaban J connectivity index is 1.64. The van der Waals surface area contributed by atoms with E-state index in [0.29, 0.717) is 57.4 Å². The van der Waals surface area contributed by atoms with E-state index < -0.39 is 11.6 Å². The molecule has 2 aromatic carbocycles. The Hall–Kier alpha value is -3.20. The van der Waals surface area contributed by atoms with Crippen molar-refractivity contribution in [2.75, 3.05) is 39.5 Å². The first-order chi connectivity index (χ1) is 16.7. The van der Waals surface area contributed by atoms with Gasteiger partial charge >= 0.3 is 0 Å². The molecule has 0 radical (unpaired) electrons. The third kappa shape index (κ3) is 5.30. The van der Waals surface area contributed by atoms with Gasteiger partial charge in [-0.3, -0.25) is 10.2 Å². The minimum absolute atomic E-state index is 0.0848. The van der Waals surface area contributed by atoms with Crippen molar-refractivity contribution in [1.29, 1.82) is 0 Å². The molecule has 2 heterocycles. The van der Waals surface area contributed by atoms with Gasteiger partial charge in [-0.2, -0.15) is 0 Å². The monoisotopic (exact) mass is 465 g/mol. The first kappa shape index (κ1) is 23.9. The van der Waals surface area contributed by atoms with Crippen LogP contribution in [-0.2, 0) is 14.3 Å². The number of nitrogens with one attached hydrogen (secondary N) is 1. The largest absolute Gasteiger partial charge is 0.494 e. The zero-order valence-corrected chi connectivity index (χ0v) is 19.2. The molecule has 180 valence electrons. The Morgan fingerprint density at radius 2 is 1.94 bits per heavy atom. The summed E-state index contributed by atoms with van der Waals surface area (Å²) >= 11 is 0. The summed E-state index contributed by atoms with van der Waals surface area (Å²) < 4.78 is 17.4. The molecule has 2 aromatic rings. The number of hydrazine groups is 1. The van der Waals surface area contributed by atoms with E-state index in [0.717, 1.165) is 11.1 Å². The van der Waals surface area contributed by atoms with Gasteiger partial charge in [-0.25, -0.2) is 10.0 Å². The average Bonchev–Trinajstić information content (AvgIpc) is 3.27. The lowest BCUT2D eigenvalue weighted by molar-refractivity contribution is -0.136. The first-order valence-corrected chi connectivity index (χ1v) is 11.6. The van der Waals surface area contributed by atoms with Gasteiger partial charge in [0.25, 0.3) is 5.91 Å². The van der Waals surface area contributed by atoms with E-state index in [1.54, 1.807) is 6.08 Å². The molecule has 0 spiro atoms. The minimum Gasteiger partial charge on any atom is -0.494 e. The third-order valence-electron chi connectivity index (χ3n) is 5.86. The van der Waals surface area contributed by atoms with E-state index in [-0.39, 0.29) is 12.5 Å². The molecule has 0 unspecified atom stereocenters. The third-order valence-corrected chi connectivity index (χ3v) is 5.86. The number of aliphatic hydroxyl groups excluding tert-OH is 1. The summed E-state index contributed by atoms with van der Waals surface area (Å²) in [6.45, 7) is 6.77. The molecule has 0 saturated carbocycles. The van der Waals surface area contributed by atoms with Gasteiger partial charge in [-0.1, -0.05) is 36.4 Å². The number of aliphatic imine (C=N–C) groups is 1.